The van der Waals surface area contributed by atoms with Gasteiger partial charge in [0, 0.05) is 12.8 Å². The highest BCUT2D eigenvalue weighted by atomic mass is 31.2. The summed E-state index contributed by atoms with van der Waals surface area (Å²) in [7, 11) is 1.49. The Morgan fingerprint density at radius 1 is 0.340 bits per heavy atom. The Hall–Kier alpha value is -2.81. The second-order valence-corrected chi connectivity index (χ2v) is 29.9. The molecular formula is C84H155NO8P+. The lowest BCUT2D eigenvalue weighted by Crippen LogP contribution is -2.37. The molecule has 0 saturated carbocycles. The molecule has 0 aromatic heterocycles. The molecule has 548 valence electrons. The normalized spacial score (nSPS) is 13.5. The number of hydrogen-bond acceptors (Lipinski definition) is 7. The van der Waals surface area contributed by atoms with Gasteiger partial charge in [0.1, 0.15) is 19.8 Å². The summed E-state index contributed by atoms with van der Waals surface area (Å²) in [4.78, 5) is 36.0. The van der Waals surface area contributed by atoms with Gasteiger partial charge < -0.3 is 18.9 Å². The minimum atomic E-state index is -4.40. The minimum Gasteiger partial charge on any atom is -0.462 e. The van der Waals surface area contributed by atoms with E-state index in [1.54, 1.807) is 0 Å². The van der Waals surface area contributed by atoms with Crippen LogP contribution in [0, 0.1) is 0 Å². The average Bonchev–Trinajstić information content (AvgIpc) is 1.56. The molecule has 0 aromatic carbocycles. The molecule has 0 aliphatic heterocycles. The van der Waals surface area contributed by atoms with Crippen LogP contribution in [0.1, 0.15) is 386 Å². The number of carbonyl (C=O) groups excluding carboxylic acids is 2. The van der Waals surface area contributed by atoms with E-state index < -0.39 is 26.5 Å². The van der Waals surface area contributed by atoms with Crippen molar-refractivity contribution in [3.05, 3.63) is 85.1 Å². The number of nitrogens with zero attached hydrogens (tertiary/aromatic N) is 1. The van der Waals surface area contributed by atoms with E-state index in [1.807, 2.05) is 21.1 Å². The lowest BCUT2D eigenvalue weighted by molar-refractivity contribution is -0.870. The van der Waals surface area contributed by atoms with Crippen molar-refractivity contribution in [2.45, 2.75) is 392 Å². The van der Waals surface area contributed by atoms with Crippen LogP contribution >= 0.6 is 7.82 Å². The fraction of sp³-hybridized carbons (Fsp3) is 0.810. The molecule has 2 unspecified atom stereocenters. The molecule has 2 atom stereocenters. The number of phosphoric ester groups is 1. The Balaban J connectivity index is 3.92. The van der Waals surface area contributed by atoms with E-state index in [2.05, 4.69) is 98.9 Å². The third-order valence-corrected chi connectivity index (χ3v) is 18.9. The molecule has 0 radical (unpaired) electrons. The van der Waals surface area contributed by atoms with Crippen LogP contribution < -0.4 is 0 Å². The van der Waals surface area contributed by atoms with E-state index in [0.29, 0.717) is 23.9 Å². The van der Waals surface area contributed by atoms with Crippen molar-refractivity contribution in [3.8, 4) is 0 Å². The molecular weight excluding hydrogens is 1180 g/mol. The standard InChI is InChI=1S/C84H154NO8P/c1-6-8-10-12-14-16-18-20-22-24-26-28-30-32-34-36-38-40-41-42-43-45-47-49-51-53-55-57-59-61-63-65-67-69-71-73-75-77-84(87)93-82(81-92-94(88,89)91-79-78-85(3,4)5)80-90-83(86)76-74-72-70-68-66-64-62-60-58-56-54-52-50-48-46-44-39-37-35-33-31-29-27-25-23-21-19-17-15-13-11-9-7-2/h8,10,14,16,19-22,25-28,31,33,82H,6-7,9,11-13,15,17-18,23-24,29-30,32,34-81H2,1-5H3/p+1/b10-8-,16-14-,21-19-,22-20-,27-25-,28-26-,33-31-. The second-order valence-electron chi connectivity index (χ2n) is 28.4. The van der Waals surface area contributed by atoms with Crippen LogP contribution in [0.15, 0.2) is 85.1 Å². The van der Waals surface area contributed by atoms with Gasteiger partial charge in [0.25, 0.3) is 0 Å². The maximum Gasteiger partial charge on any atom is 0.472 e. The first-order valence-corrected chi connectivity index (χ1v) is 41.8. The van der Waals surface area contributed by atoms with Gasteiger partial charge in [-0.2, -0.15) is 0 Å². The Morgan fingerprint density at radius 2 is 0.606 bits per heavy atom. The summed E-state index contributed by atoms with van der Waals surface area (Å²) in [6, 6.07) is 0. The summed E-state index contributed by atoms with van der Waals surface area (Å²) < 4.78 is 34.8. The summed E-state index contributed by atoms with van der Waals surface area (Å²) in [5, 5.41) is 0. The van der Waals surface area contributed by atoms with Crippen molar-refractivity contribution in [3.63, 3.8) is 0 Å². The number of phosphoric acid groups is 1. The number of allylic oxidation sites excluding steroid dienone is 14. The molecule has 0 amide bonds. The van der Waals surface area contributed by atoms with E-state index in [4.69, 9.17) is 18.5 Å². The molecule has 0 saturated heterocycles. The molecule has 0 bridgehead atoms. The van der Waals surface area contributed by atoms with Gasteiger partial charge in [-0.15, -0.1) is 0 Å². The summed E-state index contributed by atoms with van der Waals surface area (Å²) >= 11 is 0. The van der Waals surface area contributed by atoms with Crippen molar-refractivity contribution in [2.75, 3.05) is 47.5 Å². The number of hydrogen-bond donors (Lipinski definition) is 1. The summed E-state index contributed by atoms with van der Waals surface area (Å²) in [5.41, 5.74) is 0. The van der Waals surface area contributed by atoms with Crippen LogP contribution in [0.4, 0.5) is 0 Å². The lowest BCUT2D eigenvalue weighted by atomic mass is 10.0. The number of unbranched alkanes of at least 4 members (excludes halogenated alkanes) is 47. The van der Waals surface area contributed by atoms with Crippen LogP contribution in [-0.4, -0.2) is 74.9 Å². The van der Waals surface area contributed by atoms with E-state index in [9.17, 15) is 19.0 Å². The third kappa shape index (κ3) is 78.2. The van der Waals surface area contributed by atoms with Gasteiger partial charge in [-0.3, -0.25) is 18.6 Å². The number of esters is 2. The molecule has 10 heteroatoms. The number of quaternary nitrogens is 1. The number of ether oxygens (including phenoxy) is 2. The first-order chi connectivity index (χ1) is 46.0. The highest BCUT2D eigenvalue weighted by Crippen LogP contribution is 2.43. The number of likely N-dealkylation sites (N-methyl/N-ethyl adjacent to an activating group) is 1. The molecule has 94 heavy (non-hydrogen) atoms. The Morgan fingerprint density at radius 3 is 0.904 bits per heavy atom. The van der Waals surface area contributed by atoms with Gasteiger partial charge in [-0.05, 0) is 89.9 Å². The molecule has 0 fully saturated rings. The fourth-order valence-corrected chi connectivity index (χ4v) is 12.5. The molecule has 1 N–H and O–H groups in total. The zero-order valence-corrected chi connectivity index (χ0v) is 63.6. The molecule has 0 aromatic rings. The predicted molar refractivity (Wildman–Crippen MR) is 409 cm³/mol. The van der Waals surface area contributed by atoms with Crippen molar-refractivity contribution >= 4 is 19.8 Å². The topological polar surface area (TPSA) is 108 Å². The van der Waals surface area contributed by atoms with Gasteiger partial charge in [0.2, 0.25) is 0 Å². The van der Waals surface area contributed by atoms with Gasteiger partial charge in [-0.25, -0.2) is 4.57 Å². The molecule has 0 aliphatic rings. The fourth-order valence-electron chi connectivity index (χ4n) is 11.8. The Kier molecular flexibility index (Phi) is 72.2. The predicted octanol–water partition coefficient (Wildman–Crippen LogP) is 26.8. The zero-order chi connectivity index (χ0) is 68.3. The van der Waals surface area contributed by atoms with E-state index in [1.165, 1.54) is 283 Å². The van der Waals surface area contributed by atoms with Gasteiger partial charge >= 0.3 is 19.8 Å². The van der Waals surface area contributed by atoms with Crippen LogP contribution in [0.3, 0.4) is 0 Å². The van der Waals surface area contributed by atoms with E-state index in [0.717, 1.165) is 70.6 Å². The van der Waals surface area contributed by atoms with Crippen LogP contribution in [-0.2, 0) is 32.7 Å². The monoisotopic (exact) mass is 1340 g/mol. The maximum absolute atomic E-state index is 12.9. The molecule has 0 aliphatic carbocycles. The van der Waals surface area contributed by atoms with Gasteiger partial charge in [0.05, 0.1) is 27.7 Å². The minimum absolute atomic E-state index is 0.0327. The average molecular weight is 1340 g/mol. The largest absolute Gasteiger partial charge is 0.472 e. The van der Waals surface area contributed by atoms with Crippen molar-refractivity contribution in [2.24, 2.45) is 0 Å². The summed E-state index contributed by atoms with van der Waals surface area (Å²) in [6.07, 6.45) is 103. The number of carbonyl (C=O) groups is 2. The first-order valence-electron chi connectivity index (χ1n) is 40.3. The highest BCUT2D eigenvalue weighted by Gasteiger charge is 2.27. The van der Waals surface area contributed by atoms with Gasteiger partial charge in [-0.1, -0.05) is 369 Å². The molecule has 0 spiro atoms. The van der Waals surface area contributed by atoms with Crippen LogP contribution in [0.5, 0.6) is 0 Å². The highest BCUT2D eigenvalue weighted by molar-refractivity contribution is 7.47. The van der Waals surface area contributed by atoms with Crippen LogP contribution in [0.25, 0.3) is 0 Å². The summed E-state index contributed by atoms with van der Waals surface area (Å²) in [6.45, 7) is 4.37. The number of rotatable bonds is 75. The zero-order valence-electron chi connectivity index (χ0n) is 62.7. The molecule has 0 heterocycles. The van der Waals surface area contributed by atoms with Crippen molar-refractivity contribution in [1.82, 2.24) is 0 Å². The van der Waals surface area contributed by atoms with E-state index in [-0.39, 0.29) is 25.6 Å². The quantitative estimate of drug-likeness (QED) is 0.0211. The smallest absolute Gasteiger partial charge is 0.462 e. The van der Waals surface area contributed by atoms with E-state index >= 15 is 0 Å². The SMILES string of the molecule is CC/C=C\C/C=C\C/C=C\C/C=C\CCCCCCCCCCCCCCCCCCCCCCCCCCC(=O)OC(COC(=O)CCCCCCCCCCCCCCCCCCCC/C=C\C/C=C\C/C=C\CCCCCCC)COP(=O)(O)OCC[N+](C)(C)C. The maximum atomic E-state index is 12.9. The lowest BCUT2D eigenvalue weighted by Gasteiger charge is -2.24. The van der Waals surface area contributed by atoms with Crippen LogP contribution in [0.2, 0.25) is 0 Å². The third-order valence-electron chi connectivity index (χ3n) is 17.9. The first kappa shape index (κ1) is 91.2. The molecule has 9 nitrogen and oxygen atoms in total. The second kappa shape index (κ2) is 74.4. The summed E-state index contributed by atoms with van der Waals surface area (Å²) in [5.74, 6) is -0.778. The van der Waals surface area contributed by atoms with Gasteiger partial charge in [0.15, 0.2) is 6.10 Å². The Bertz CT molecular complexity index is 1860. The Labute approximate surface area is 583 Å². The van der Waals surface area contributed by atoms with Crippen molar-refractivity contribution in [1.29, 1.82) is 0 Å². The molecule has 0 rings (SSSR count). The van der Waals surface area contributed by atoms with Crippen molar-refractivity contribution < 1.29 is 42.1 Å².